The molecule has 0 spiro atoms. The summed E-state index contributed by atoms with van der Waals surface area (Å²) in [6, 6.07) is 0.403. The van der Waals surface area contributed by atoms with Gasteiger partial charge in [-0.15, -0.1) is 0 Å². The van der Waals surface area contributed by atoms with Crippen molar-refractivity contribution in [1.82, 2.24) is 15.1 Å². The SMILES string of the molecule is CCN=C(NC1C2CCOC2C1(C)C)N1CCN(C(C)(C)C(N)=O)CC1. The second-order valence-electron chi connectivity index (χ2n) is 8.88. The van der Waals surface area contributed by atoms with Gasteiger partial charge in [0.1, 0.15) is 0 Å². The highest BCUT2D eigenvalue weighted by atomic mass is 16.5. The predicted molar refractivity (Wildman–Crippen MR) is 103 cm³/mol. The third kappa shape index (κ3) is 3.20. The third-order valence-corrected chi connectivity index (χ3v) is 6.67. The molecule has 26 heavy (non-hydrogen) atoms. The van der Waals surface area contributed by atoms with Gasteiger partial charge in [0.15, 0.2) is 5.96 Å². The Morgan fingerprint density at radius 3 is 2.54 bits per heavy atom. The van der Waals surface area contributed by atoms with E-state index in [1.807, 2.05) is 13.8 Å². The molecular formula is C19H35N5O2. The van der Waals surface area contributed by atoms with Crippen molar-refractivity contribution in [2.45, 2.75) is 58.7 Å². The largest absolute Gasteiger partial charge is 0.377 e. The number of ether oxygens (including phenoxy) is 1. The summed E-state index contributed by atoms with van der Waals surface area (Å²) in [6.45, 7) is 15.4. The number of nitrogens with one attached hydrogen (secondary N) is 1. The molecule has 0 radical (unpaired) electrons. The van der Waals surface area contributed by atoms with Gasteiger partial charge in [-0.3, -0.25) is 14.7 Å². The van der Waals surface area contributed by atoms with Gasteiger partial charge in [-0.2, -0.15) is 0 Å². The van der Waals surface area contributed by atoms with Crippen LogP contribution < -0.4 is 11.1 Å². The zero-order valence-corrected chi connectivity index (χ0v) is 16.9. The van der Waals surface area contributed by atoms with Gasteiger partial charge in [-0.25, -0.2) is 0 Å². The molecule has 1 saturated carbocycles. The summed E-state index contributed by atoms with van der Waals surface area (Å²) in [5.74, 6) is 1.31. The quantitative estimate of drug-likeness (QED) is 0.564. The molecule has 0 aromatic heterocycles. The van der Waals surface area contributed by atoms with Crippen molar-refractivity contribution in [3.63, 3.8) is 0 Å². The number of rotatable bonds is 4. The molecule has 0 aromatic carbocycles. The Bertz CT molecular complexity index is 566. The summed E-state index contributed by atoms with van der Waals surface area (Å²) < 4.78 is 5.91. The van der Waals surface area contributed by atoms with Crippen molar-refractivity contribution in [3.8, 4) is 0 Å². The Morgan fingerprint density at radius 1 is 1.31 bits per heavy atom. The summed E-state index contributed by atoms with van der Waals surface area (Å²) in [4.78, 5) is 21.0. The summed E-state index contributed by atoms with van der Waals surface area (Å²) in [5, 5.41) is 3.75. The molecule has 3 fully saturated rings. The zero-order valence-electron chi connectivity index (χ0n) is 16.9. The molecule has 3 rings (SSSR count). The van der Waals surface area contributed by atoms with Crippen molar-refractivity contribution in [2.75, 3.05) is 39.3 Å². The zero-order chi connectivity index (χ0) is 19.1. The fraction of sp³-hybridized carbons (Fsp3) is 0.895. The van der Waals surface area contributed by atoms with Gasteiger partial charge in [-0.05, 0) is 27.2 Å². The molecule has 3 N–H and O–H groups in total. The van der Waals surface area contributed by atoms with Crippen LogP contribution >= 0.6 is 0 Å². The molecule has 7 nitrogen and oxygen atoms in total. The van der Waals surface area contributed by atoms with Gasteiger partial charge in [0.25, 0.3) is 0 Å². The molecule has 3 aliphatic rings. The second-order valence-corrected chi connectivity index (χ2v) is 8.88. The van der Waals surface area contributed by atoms with Crippen LogP contribution in [-0.2, 0) is 9.53 Å². The van der Waals surface area contributed by atoms with Crippen LogP contribution in [0, 0.1) is 11.3 Å². The number of carbonyl (C=O) groups excluding carboxylic acids is 1. The molecule has 3 atom stereocenters. The highest BCUT2D eigenvalue weighted by molar-refractivity contribution is 5.84. The van der Waals surface area contributed by atoms with Gasteiger partial charge in [0.2, 0.25) is 5.91 Å². The number of hydrogen-bond acceptors (Lipinski definition) is 4. The second kappa shape index (κ2) is 7.00. The number of nitrogens with two attached hydrogens (primary N) is 1. The van der Waals surface area contributed by atoms with Crippen LogP contribution in [0.3, 0.4) is 0 Å². The lowest BCUT2D eigenvalue weighted by atomic mass is 9.57. The molecule has 1 amide bonds. The van der Waals surface area contributed by atoms with E-state index >= 15 is 0 Å². The number of hydrogen-bond donors (Lipinski definition) is 2. The molecule has 2 heterocycles. The van der Waals surface area contributed by atoms with Gasteiger partial charge in [0.05, 0.1) is 11.6 Å². The fourth-order valence-electron chi connectivity index (χ4n) is 4.78. The molecule has 0 bridgehead atoms. The summed E-state index contributed by atoms with van der Waals surface area (Å²) in [6.07, 6.45) is 1.50. The summed E-state index contributed by atoms with van der Waals surface area (Å²) >= 11 is 0. The average molecular weight is 366 g/mol. The number of guanidine groups is 1. The van der Waals surface area contributed by atoms with E-state index in [2.05, 4.69) is 35.9 Å². The number of piperazine rings is 1. The van der Waals surface area contributed by atoms with Crippen LogP contribution in [0.2, 0.25) is 0 Å². The lowest BCUT2D eigenvalue weighted by Gasteiger charge is -2.55. The highest BCUT2D eigenvalue weighted by Crippen LogP contribution is 2.52. The maximum atomic E-state index is 11.7. The Kier molecular flexibility index (Phi) is 5.23. The minimum atomic E-state index is -0.605. The first-order valence-electron chi connectivity index (χ1n) is 9.92. The molecule has 3 unspecified atom stereocenters. The predicted octanol–water partition coefficient (Wildman–Crippen LogP) is 0.647. The summed E-state index contributed by atoms with van der Waals surface area (Å²) in [5.41, 5.74) is 5.10. The Hall–Kier alpha value is -1.34. The third-order valence-electron chi connectivity index (χ3n) is 6.67. The van der Waals surface area contributed by atoms with Crippen LogP contribution in [0.1, 0.15) is 41.0 Å². The fourth-order valence-corrected chi connectivity index (χ4v) is 4.78. The van der Waals surface area contributed by atoms with Crippen molar-refractivity contribution in [1.29, 1.82) is 0 Å². The van der Waals surface area contributed by atoms with Gasteiger partial charge in [0, 0.05) is 56.7 Å². The van der Waals surface area contributed by atoms with E-state index in [1.165, 1.54) is 0 Å². The van der Waals surface area contributed by atoms with Gasteiger partial charge >= 0.3 is 0 Å². The van der Waals surface area contributed by atoms with Crippen molar-refractivity contribution in [2.24, 2.45) is 22.1 Å². The van der Waals surface area contributed by atoms with Crippen molar-refractivity contribution in [3.05, 3.63) is 0 Å². The molecule has 2 saturated heterocycles. The van der Waals surface area contributed by atoms with E-state index in [9.17, 15) is 4.79 Å². The number of primary amides is 1. The first-order valence-corrected chi connectivity index (χ1v) is 9.92. The van der Waals surface area contributed by atoms with Crippen LogP contribution in [0.4, 0.5) is 0 Å². The highest BCUT2D eigenvalue weighted by Gasteiger charge is 2.59. The molecular weight excluding hydrogens is 330 g/mol. The Labute approximate surface area is 157 Å². The first kappa shape index (κ1) is 19.4. The number of fused-ring (bicyclic) bond motifs is 1. The average Bonchev–Trinajstić information content (AvgIpc) is 3.05. The maximum absolute atomic E-state index is 11.7. The topological polar surface area (TPSA) is 83.2 Å². The monoisotopic (exact) mass is 365 g/mol. The number of amides is 1. The maximum Gasteiger partial charge on any atom is 0.237 e. The van der Waals surface area contributed by atoms with Crippen LogP contribution in [0.15, 0.2) is 4.99 Å². The number of aliphatic imine (C=N–C) groups is 1. The van der Waals surface area contributed by atoms with Crippen LogP contribution in [0.5, 0.6) is 0 Å². The lowest BCUT2D eigenvalue weighted by Crippen LogP contribution is -2.69. The lowest BCUT2D eigenvalue weighted by molar-refractivity contribution is -0.129. The van der Waals surface area contributed by atoms with Crippen LogP contribution in [-0.4, -0.2) is 78.7 Å². The van der Waals surface area contributed by atoms with E-state index in [1.54, 1.807) is 0 Å². The van der Waals surface area contributed by atoms with E-state index in [-0.39, 0.29) is 11.3 Å². The molecule has 7 heteroatoms. The summed E-state index contributed by atoms with van der Waals surface area (Å²) in [7, 11) is 0. The van der Waals surface area contributed by atoms with Gasteiger partial charge < -0.3 is 20.7 Å². The Balaban J connectivity index is 1.63. The molecule has 1 aliphatic carbocycles. The minimum absolute atomic E-state index is 0.130. The standard InChI is InChI=1S/C19H35N5O2/c1-6-21-17(22-14-13-7-12-26-15(13)18(14,2)3)23-8-10-24(11-9-23)19(4,5)16(20)25/h13-15H,6-12H2,1-5H3,(H2,20,25)(H,21,22). The normalized spacial score (nSPS) is 32.1. The molecule has 2 aliphatic heterocycles. The first-order chi connectivity index (χ1) is 12.2. The smallest absolute Gasteiger partial charge is 0.237 e. The van der Waals surface area contributed by atoms with E-state index in [0.29, 0.717) is 18.1 Å². The molecule has 0 aromatic rings. The van der Waals surface area contributed by atoms with Crippen molar-refractivity contribution < 1.29 is 9.53 Å². The molecule has 148 valence electrons. The number of carbonyl (C=O) groups is 1. The minimum Gasteiger partial charge on any atom is -0.377 e. The van der Waals surface area contributed by atoms with E-state index < -0.39 is 5.54 Å². The van der Waals surface area contributed by atoms with Gasteiger partial charge in [-0.1, -0.05) is 13.8 Å². The van der Waals surface area contributed by atoms with E-state index in [0.717, 1.165) is 51.7 Å². The van der Waals surface area contributed by atoms with E-state index in [4.69, 9.17) is 15.5 Å². The van der Waals surface area contributed by atoms with Crippen molar-refractivity contribution >= 4 is 11.9 Å². The Morgan fingerprint density at radius 2 is 1.96 bits per heavy atom. The van der Waals surface area contributed by atoms with Crippen LogP contribution in [0.25, 0.3) is 0 Å². The number of nitrogens with zero attached hydrogens (tertiary/aromatic N) is 3.